The summed E-state index contributed by atoms with van der Waals surface area (Å²) in [6, 6.07) is 1.09. The SMILES string of the molecule is CNC(=O)CN1CCC(NC2CCN(C(C)=O)CC2)CC1. The van der Waals surface area contributed by atoms with E-state index in [0.29, 0.717) is 18.6 Å². The fourth-order valence-electron chi connectivity index (χ4n) is 3.23. The Bertz CT molecular complexity index is 359. The van der Waals surface area contributed by atoms with E-state index >= 15 is 0 Å². The molecule has 0 aromatic rings. The number of hydrogen-bond acceptors (Lipinski definition) is 4. The maximum absolute atomic E-state index is 11.4. The van der Waals surface area contributed by atoms with Gasteiger partial charge in [0.2, 0.25) is 11.8 Å². The van der Waals surface area contributed by atoms with Gasteiger partial charge in [-0.15, -0.1) is 0 Å². The van der Waals surface area contributed by atoms with Crippen LogP contribution in [0.5, 0.6) is 0 Å². The van der Waals surface area contributed by atoms with E-state index in [-0.39, 0.29) is 11.8 Å². The molecular weight excluding hydrogens is 268 g/mol. The fourth-order valence-corrected chi connectivity index (χ4v) is 3.23. The number of nitrogens with zero attached hydrogens (tertiary/aromatic N) is 2. The van der Waals surface area contributed by atoms with Crippen LogP contribution in [-0.2, 0) is 9.59 Å². The lowest BCUT2D eigenvalue weighted by molar-refractivity contribution is -0.130. The molecule has 2 aliphatic rings. The van der Waals surface area contributed by atoms with Gasteiger partial charge in [-0.3, -0.25) is 14.5 Å². The molecule has 6 heteroatoms. The average molecular weight is 296 g/mol. The first-order valence-corrected chi connectivity index (χ1v) is 8.03. The number of likely N-dealkylation sites (tertiary alicyclic amines) is 2. The summed E-state index contributed by atoms with van der Waals surface area (Å²) in [5.41, 5.74) is 0. The molecule has 2 saturated heterocycles. The van der Waals surface area contributed by atoms with E-state index in [1.807, 2.05) is 4.90 Å². The van der Waals surface area contributed by atoms with Crippen LogP contribution in [0.25, 0.3) is 0 Å². The molecule has 2 heterocycles. The molecule has 0 saturated carbocycles. The second-order valence-electron chi connectivity index (χ2n) is 6.17. The van der Waals surface area contributed by atoms with Crippen molar-refractivity contribution in [3.63, 3.8) is 0 Å². The summed E-state index contributed by atoms with van der Waals surface area (Å²) in [5.74, 6) is 0.286. The van der Waals surface area contributed by atoms with Crippen molar-refractivity contribution in [2.75, 3.05) is 39.8 Å². The first-order chi connectivity index (χ1) is 10.1. The second-order valence-corrected chi connectivity index (χ2v) is 6.17. The lowest BCUT2D eigenvalue weighted by Gasteiger charge is -2.37. The molecule has 6 nitrogen and oxygen atoms in total. The molecule has 0 aliphatic carbocycles. The molecule has 0 radical (unpaired) electrons. The van der Waals surface area contributed by atoms with E-state index < -0.39 is 0 Å². The summed E-state index contributed by atoms with van der Waals surface area (Å²) >= 11 is 0. The van der Waals surface area contributed by atoms with Gasteiger partial charge in [0.15, 0.2) is 0 Å². The first kappa shape index (κ1) is 16.2. The Labute approximate surface area is 127 Å². The minimum Gasteiger partial charge on any atom is -0.358 e. The molecule has 0 aromatic carbocycles. The Morgan fingerprint density at radius 2 is 1.52 bits per heavy atom. The Kier molecular flexibility index (Phi) is 5.99. The number of carbonyl (C=O) groups is 2. The molecule has 2 N–H and O–H groups in total. The van der Waals surface area contributed by atoms with Crippen LogP contribution < -0.4 is 10.6 Å². The van der Waals surface area contributed by atoms with Crippen LogP contribution in [0.3, 0.4) is 0 Å². The number of carbonyl (C=O) groups excluding carboxylic acids is 2. The number of nitrogens with one attached hydrogen (secondary N) is 2. The predicted molar refractivity (Wildman–Crippen MR) is 81.9 cm³/mol. The molecule has 21 heavy (non-hydrogen) atoms. The third-order valence-corrected chi connectivity index (χ3v) is 4.65. The van der Waals surface area contributed by atoms with Crippen molar-refractivity contribution in [1.82, 2.24) is 20.4 Å². The number of likely N-dealkylation sites (N-methyl/N-ethyl adjacent to an activating group) is 1. The van der Waals surface area contributed by atoms with Crippen LogP contribution in [0.15, 0.2) is 0 Å². The Hall–Kier alpha value is -1.14. The van der Waals surface area contributed by atoms with Crippen molar-refractivity contribution >= 4 is 11.8 Å². The fraction of sp³-hybridized carbons (Fsp3) is 0.867. The van der Waals surface area contributed by atoms with Crippen molar-refractivity contribution in [3.05, 3.63) is 0 Å². The van der Waals surface area contributed by atoms with Crippen LogP contribution in [0.4, 0.5) is 0 Å². The molecule has 0 unspecified atom stereocenters. The quantitative estimate of drug-likeness (QED) is 0.754. The minimum absolute atomic E-state index is 0.0954. The van der Waals surface area contributed by atoms with Crippen LogP contribution in [0, 0.1) is 0 Å². The number of rotatable bonds is 4. The van der Waals surface area contributed by atoms with Gasteiger partial charge < -0.3 is 15.5 Å². The molecule has 0 atom stereocenters. The van der Waals surface area contributed by atoms with Gasteiger partial charge in [-0.25, -0.2) is 0 Å². The zero-order valence-electron chi connectivity index (χ0n) is 13.2. The van der Waals surface area contributed by atoms with Crippen LogP contribution >= 0.6 is 0 Å². The molecule has 2 fully saturated rings. The van der Waals surface area contributed by atoms with E-state index in [2.05, 4.69) is 15.5 Å². The van der Waals surface area contributed by atoms with Crippen LogP contribution in [0.1, 0.15) is 32.6 Å². The summed E-state index contributed by atoms with van der Waals surface area (Å²) in [6.07, 6.45) is 4.31. The van der Waals surface area contributed by atoms with Crippen molar-refractivity contribution in [2.45, 2.75) is 44.7 Å². The monoisotopic (exact) mass is 296 g/mol. The summed E-state index contributed by atoms with van der Waals surface area (Å²) in [5, 5.41) is 6.41. The van der Waals surface area contributed by atoms with Gasteiger partial charge in [0.05, 0.1) is 6.54 Å². The largest absolute Gasteiger partial charge is 0.358 e. The van der Waals surface area contributed by atoms with Crippen molar-refractivity contribution in [2.24, 2.45) is 0 Å². The molecule has 120 valence electrons. The zero-order chi connectivity index (χ0) is 15.2. The highest BCUT2D eigenvalue weighted by atomic mass is 16.2. The van der Waals surface area contributed by atoms with E-state index in [1.54, 1.807) is 14.0 Å². The molecular formula is C15H28N4O2. The van der Waals surface area contributed by atoms with E-state index in [9.17, 15) is 9.59 Å². The topological polar surface area (TPSA) is 64.7 Å². The minimum atomic E-state index is 0.0954. The van der Waals surface area contributed by atoms with Gasteiger partial charge >= 0.3 is 0 Å². The predicted octanol–water partition coefficient (Wildman–Crippen LogP) is -0.203. The van der Waals surface area contributed by atoms with E-state index in [0.717, 1.165) is 51.9 Å². The van der Waals surface area contributed by atoms with E-state index in [4.69, 9.17) is 0 Å². The zero-order valence-corrected chi connectivity index (χ0v) is 13.2. The lowest BCUT2D eigenvalue weighted by Crippen LogP contribution is -2.51. The molecule has 2 amide bonds. The van der Waals surface area contributed by atoms with Gasteiger partial charge in [0.1, 0.15) is 0 Å². The number of piperidine rings is 2. The van der Waals surface area contributed by atoms with Crippen LogP contribution in [0.2, 0.25) is 0 Å². The third-order valence-electron chi connectivity index (χ3n) is 4.65. The molecule has 0 spiro atoms. The highest BCUT2D eigenvalue weighted by Crippen LogP contribution is 2.15. The lowest BCUT2D eigenvalue weighted by atomic mass is 9.99. The highest BCUT2D eigenvalue weighted by molar-refractivity contribution is 5.77. The summed E-state index contributed by atoms with van der Waals surface area (Å²) < 4.78 is 0. The summed E-state index contributed by atoms with van der Waals surface area (Å²) in [6.45, 7) is 5.88. The first-order valence-electron chi connectivity index (χ1n) is 8.03. The van der Waals surface area contributed by atoms with Crippen LogP contribution in [-0.4, -0.2) is 73.5 Å². The average Bonchev–Trinajstić information content (AvgIpc) is 2.49. The van der Waals surface area contributed by atoms with Crippen molar-refractivity contribution < 1.29 is 9.59 Å². The van der Waals surface area contributed by atoms with Crippen molar-refractivity contribution in [1.29, 1.82) is 0 Å². The highest BCUT2D eigenvalue weighted by Gasteiger charge is 2.25. The second kappa shape index (κ2) is 7.75. The Morgan fingerprint density at radius 1 is 1.00 bits per heavy atom. The maximum Gasteiger partial charge on any atom is 0.233 e. The number of amides is 2. The van der Waals surface area contributed by atoms with E-state index in [1.165, 1.54) is 0 Å². The Morgan fingerprint density at radius 3 is 2.00 bits per heavy atom. The Balaban J connectivity index is 1.65. The summed E-state index contributed by atoms with van der Waals surface area (Å²) in [4.78, 5) is 26.8. The number of hydrogen-bond donors (Lipinski definition) is 2. The summed E-state index contributed by atoms with van der Waals surface area (Å²) in [7, 11) is 1.68. The van der Waals surface area contributed by atoms with Gasteiger partial charge in [-0.1, -0.05) is 0 Å². The maximum atomic E-state index is 11.4. The van der Waals surface area contributed by atoms with Gasteiger partial charge in [-0.05, 0) is 25.7 Å². The molecule has 0 aromatic heterocycles. The normalized spacial score (nSPS) is 22.3. The molecule has 2 aliphatic heterocycles. The van der Waals surface area contributed by atoms with Crippen molar-refractivity contribution in [3.8, 4) is 0 Å². The smallest absolute Gasteiger partial charge is 0.233 e. The standard InChI is InChI=1S/C15H28N4O2/c1-12(20)19-9-5-14(6-10-19)17-13-3-7-18(8-4-13)11-15(21)16-2/h13-14,17H,3-11H2,1-2H3,(H,16,21). The van der Waals surface area contributed by atoms with Gasteiger partial charge in [0.25, 0.3) is 0 Å². The van der Waals surface area contributed by atoms with Gasteiger partial charge in [-0.2, -0.15) is 0 Å². The molecule has 0 bridgehead atoms. The molecule has 2 rings (SSSR count). The third kappa shape index (κ3) is 4.97. The van der Waals surface area contributed by atoms with Gasteiger partial charge in [0, 0.05) is 52.2 Å².